The van der Waals surface area contributed by atoms with Crippen LogP contribution in [-0.2, 0) is 10.8 Å². The van der Waals surface area contributed by atoms with E-state index in [0.717, 1.165) is 18.1 Å². The van der Waals surface area contributed by atoms with Gasteiger partial charge >= 0.3 is 0 Å². The molecule has 1 N–H and O–H groups in total. The summed E-state index contributed by atoms with van der Waals surface area (Å²) in [4.78, 5) is 0. The molecule has 2 nitrogen and oxygen atoms in total. The van der Waals surface area contributed by atoms with E-state index in [1.807, 2.05) is 6.92 Å². The van der Waals surface area contributed by atoms with E-state index in [2.05, 4.69) is 19.2 Å². The van der Waals surface area contributed by atoms with E-state index < -0.39 is 10.8 Å². The van der Waals surface area contributed by atoms with E-state index in [1.54, 1.807) is 0 Å². The second kappa shape index (κ2) is 8.70. The quantitative estimate of drug-likeness (QED) is 0.656. The topological polar surface area (TPSA) is 29.1 Å². The molecule has 80 valence electrons. The molecule has 0 spiro atoms. The lowest BCUT2D eigenvalue weighted by molar-refractivity contribution is 0.509. The Kier molecular flexibility index (Phi) is 8.77. The van der Waals surface area contributed by atoms with Gasteiger partial charge in [-0.1, -0.05) is 26.7 Å². The van der Waals surface area contributed by atoms with Crippen LogP contribution in [0.4, 0.5) is 0 Å². The molecular weight excluding hydrogens is 182 g/mol. The van der Waals surface area contributed by atoms with E-state index in [0.29, 0.717) is 6.04 Å². The SMILES string of the molecule is CCCCC(C)NCCS(=O)CC. The predicted octanol–water partition coefficient (Wildman–Crippen LogP) is 1.92. The summed E-state index contributed by atoms with van der Waals surface area (Å²) in [5, 5.41) is 3.39. The van der Waals surface area contributed by atoms with E-state index >= 15 is 0 Å². The third-order valence-electron chi connectivity index (χ3n) is 2.14. The van der Waals surface area contributed by atoms with E-state index in [4.69, 9.17) is 0 Å². The van der Waals surface area contributed by atoms with Gasteiger partial charge in [0.25, 0.3) is 0 Å². The molecular formula is C10H23NOS. The van der Waals surface area contributed by atoms with Gasteiger partial charge in [-0.2, -0.15) is 0 Å². The first-order chi connectivity index (χ1) is 6.20. The van der Waals surface area contributed by atoms with Crippen LogP contribution in [0.15, 0.2) is 0 Å². The van der Waals surface area contributed by atoms with Crippen LogP contribution in [0.5, 0.6) is 0 Å². The molecule has 3 heteroatoms. The van der Waals surface area contributed by atoms with Crippen molar-refractivity contribution in [3.8, 4) is 0 Å². The standard InChI is InChI=1S/C10H23NOS/c1-4-6-7-10(3)11-8-9-13(12)5-2/h10-11H,4-9H2,1-3H3. The number of rotatable bonds is 8. The van der Waals surface area contributed by atoms with Gasteiger partial charge in [-0.3, -0.25) is 4.21 Å². The third-order valence-corrected chi connectivity index (χ3v) is 3.44. The molecule has 0 rings (SSSR count). The molecule has 0 heterocycles. The van der Waals surface area contributed by atoms with Gasteiger partial charge in [0, 0.05) is 34.9 Å². The zero-order chi connectivity index (χ0) is 10.1. The average Bonchev–Trinajstić information content (AvgIpc) is 2.14. The molecule has 0 saturated heterocycles. The van der Waals surface area contributed by atoms with Crippen molar-refractivity contribution in [3.05, 3.63) is 0 Å². The molecule has 0 amide bonds. The largest absolute Gasteiger partial charge is 0.313 e. The first-order valence-electron chi connectivity index (χ1n) is 5.29. The normalized spacial score (nSPS) is 15.6. The summed E-state index contributed by atoms with van der Waals surface area (Å²) < 4.78 is 11.1. The summed E-state index contributed by atoms with van der Waals surface area (Å²) in [6.07, 6.45) is 3.77. The van der Waals surface area contributed by atoms with Crippen molar-refractivity contribution >= 4 is 10.8 Å². The van der Waals surface area contributed by atoms with Crippen molar-refractivity contribution < 1.29 is 4.21 Å². The minimum absolute atomic E-state index is 0.578. The van der Waals surface area contributed by atoms with Gasteiger partial charge in [0.2, 0.25) is 0 Å². The van der Waals surface area contributed by atoms with Gasteiger partial charge in [0.05, 0.1) is 0 Å². The van der Waals surface area contributed by atoms with Crippen LogP contribution in [0.3, 0.4) is 0 Å². The second-order valence-electron chi connectivity index (χ2n) is 3.43. The summed E-state index contributed by atoms with van der Waals surface area (Å²) in [7, 11) is -0.612. The van der Waals surface area contributed by atoms with Crippen LogP contribution >= 0.6 is 0 Å². The molecule has 0 saturated carbocycles. The molecule has 0 radical (unpaired) electrons. The second-order valence-corrected chi connectivity index (χ2v) is 5.30. The van der Waals surface area contributed by atoms with Gasteiger partial charge < -0.3 is 5.32 Å². The van der Waals surface area contributed by atoms with Crippen LogP contribution < -0.4 is 5.32 Å². The Bertz CT molecular complexity index is 139. The number of unbranched alkanes of at least 4 members (excludes halogenated alkanes) is 1. The fourth-order valence-corrected chi connectivity index (χ4v) is 1.81. The summed E-state index contributed by atoms with van der Waals surface area (Å²) in [5.41, 5.74) is 0. The van der Waals surface area contributed by atoms with Crippen LogP contribution in [0.1, 0.15) is 40.0 Å². The Labute approximate surface area is 84.9 Å². The van der Waals surface area contributed by atoms with Crippen LogP contribution in [0.2, 0.25) is 0 Å². The summed E-state index contributed by atoms with van der Waals surface area (Å²) in [6, 6.07) is 0.578. The van der Waals surface area contributed by atoms with Gasteiger partial charge in [-0.15, -0.1) is 0 Å². The molecule has 13 heavy (non-hydrogen) atoms. The summed E-state index contributed by atoms with van der Waals surface area (Å²) in [6.45, 7) is 7.27. The minimum Gasteiger partial charge on any atom is -0.313 e. The van der Waals surface area contributed by atoms with Crippen molar-refractivity contribution in [2.24, 2.45) is 0 Å². The van der Waals surface area contributed by atoms with Crippen LogP contribution in [-0.4, -0.2) is 28.3 Å². The molecule has 0 aromatic carbocycles. The Morgan fingerprint density at radius 1 is 1.38 bits per heavy atom. The van der Waals surface area contributed by atoms with Crippen molar-refractivity contribution in [2.45, 2.75) is 46.1 Å². The first kappa shape index (κ1) is 13.1. The zero-order valence-electron chi connectivity index (χ0n) is 9.14. The zero-order valence-corrected chi connectivity index (χ0v) is 9.95. The molecule has 0 aliphatic heterocycles. The monoisotopic (exact) mass is 205 g/mol. The molecule has 0 aliphatic carbocycles. The molecule has 2 unspecified atom stereocenters. The average molecular weight is 205 g/mol. The van der Waals surface area contributed by atoms with Crippen LogP contribution in [0, 0.1) is 0 Å². The number of hydrogen-bond donors (Lipinski definition) is 1. The van der Waals surface area contributed by atoms with Crippen molar-refractivity contribution in [3.63, 3.8) is 0 Å². The Balaban J connectivity index is 3.26. The minimum atomic E-state index is -0.612. The highest BCUT2D eigenvalue weighted by atomic mass is 32.2. The van der Waals surface area contributed by atoms with Gasteiger partial charge in [0.15, 0.2) is 0 Å². The molecule has 0 aliphatic rings. The van der Waals surface area contributed by atoms with Crippen molar-refractivity contribution in [1.82, 2.24) is 5.32 Å². The van der Waals surface area contributed by atoms with Crippen molar-refractivity contribution in [2.75, 3.05) is 18.1 Å². The highest BCUT2D eigenvalue weighted by Gasteiger charge is 2.00. The van der Waals surface area contributed by atoms with Gasteiger partial charge in [0.1, 0.15) is 0 Å². The predicted molar refractivity (Wildman–Crippen MR) is 60.5 cm³/mol. The maximum absolute atomic E-state index is 11.1. The third kappa shape index (κ3) is 8.44. The molecule has 2 atom stereocenters. The fourth-order valence-electron chi connectivity index (χ4n) is 1.18. The van der Waals surface area contributed by atoms with Gasteiger partial charge in [-0.25, -0.2) is 0 Å². The lowest BCUT2D eigenvalue weighted by Gasteiger charge is -2.12. The fraction of sp³-hybridized carbons (Fsp3) is 1.00. The smallest absolute Gasteiger partial charge is 0.0360 e. The lowest BCUT2D eigenvalue weighted by Crippen LogP contribution is -2.29. The van der Waals surface area contributed by atoms with E-state index in [9.17, 15) is 4.21 Å². The maximum Gasteiger partial charge on any atom is 0.0360 e. The van der Waals surface area contributed by atoms with Gasteiger partial charge in [-0.05, 0) is 13.3 Å². The Morgan fingerprint density at radius 2 is 2.08 bits per heavy atom. The summed E-state index contributed by atoms with van der Waals surface area (Å²) >= 11 is 0. The Morgan fingerprint density at radius 3 is 2.62 bits per heavy atom. The number of hydrogen-bond acceptors (Lipinski definition) is 2. The molecule has 0 bridgehead atoms. The first-order valence-corrected chi connectivity index (χ1v) is 6.77. The molecule has 0 fully saturated rings. The molecule has 0 aromatic heterocycles. The molecule has 0 aromatic rings. The number of nitrogens with one attached hydrogen (secondary N) is 1. The summed E-state index contributed by atoms with van der Waals surface area (Å²) in [5.74, 6) is 1.58. The highest BCUT2D eigenvalue weighted by molar-refractivity contribution is 7.84. The van der Waals surface area contributed by atoms with Crippen molar-refractivity contribution in [1.29, 1.82) is 0 Å². The lowest BCUT2D eigenvalue weighted by atomic mass is 10.1. The Hall–Kier alpha value is 0.110. The van der Waals surface area contributed by atoms with Crippen LogP contribution in [0.25, 0.3) is 0 Å². The van der Waals surface area contributed by atoms with E-state index in [1.165, 1.54) is 19.3 Å². The van der Waals surface area contributed by atoms with E-state index in [-0.39, 0.29) is 0 Å². The maximum atomic E-state index is 11.1. The highest BCUT2D eigenvalue weighted by Crippen LogP contribution is 1.98.